The van der Waals surface area contributed by atoms with E-state index in [2.05, 4.69) is 41.5 Å². The summed E-state index contributed by atoms with van der Waals surface area (Å²) < 4.78 is 0. The Labute approximate surface area is 123 Å². The molecule has 0 saturated heterocycles. The minimum Gasteiger partial charge on any atom is -0.396 e. The van der Waals surface area contributed by atoms with Crippen molar-refractivity contribution < 1.29 is 5.11 Å². The predicted octanol–water partition coefficient (Wildman–Crippen LogP) is 6.20. The molecule has 1 nitrogen and oxygen atoms in total. The van der Waals surface area contributed by atoms with Crippen LogP contribution in [0.2, 0.25) is 0 Å². The summed E-state index contributed by atoms with van der Waals surface area (Å²) in [5.41, 5.74) is 0.522. The van der Waals surface area contributed by atoms with Crippen LogP contribution in [0.25, 0.3) is 0 Å². The minimum absolute atomic E-state index is 0.370. The van der Waals surface area contributed by atoms with Crippen LogP contribution in [0.5, 0.6) is 0 Å². The summed E-state index contributed by atoms with van der Waals surface area (Å²) >= 11 is 0. The van der Waals surface area contributed by atoms with Crippen molar-refractivity contribution in [2.45, 2.75) is 99.3 Å². The van der Waals surface area contributed by atoms with Gasteiger partial charge >= 0.3 is 0 Å². The van der Waals surface area contributed by atoms with E-state index in [0.717, 1.165) is 12.3 Å². The normalized spacial score (nSPS) is 11.4. The summed E-state index contributed by atoms with van der Waals surface area (Å²) in [6.07, 6.45) is 11.7. The molecular formula is C18H40O. The Morgan fingerprint density at radius 3 is 1.47 bits per heavy atom. The zero-order valence-corrected chi connectivity index (χ0v) is 14.6. The van der Waals surface area contributed by atoms with Crippen LogP contribution in [0.15, 0.2) is 0 Å². The van der Waals surface area contributed by atoms with Gasteiger partial charge in [0.2, 0.25) is 0 Å². The van der Waals surface area contributed by atoms with E-state index >= 15 is 0 Å². The van der Waals surface area contributed by atoms with E-state index in [1.165, 1.54) is 51.4 Å². The van der Waals surface area contributed by atoms with Gasteiger partial charge in [0.25, 0.3) is 0 Å². The molecule has 0 amide bonds. The van der Waals surface area contributed by atoms with Crippen molar-refractivity contribution in [3.05, 3.63) is 0 Å². The van der Waals surface area contributed by atoms with Crippen molar-refractivity contribution in [3.63, 3.8) is 0 Å². The standard InChI is InChI=1S/C10H22O.C8H18/c1-2-3-4-5-6-7-8-9-10-11;1-7(2)6-8(3,4)5/h11H,2-10H2,1H3;7H,6H2,1-5H3. The number of aliphatic hydroxyl groups excluding tert-OH is 1. The highest BCUT2D eigenvalue weighted by Gasteiger charge is 2.11. The highest BCUT2D eigenvalue weighted by molar-refractivity contribution is 4.62. The monoisotopic (exact) mass is 272 g/mol. The topological polar surface area (TPSA) is 20.2 Å². The molecule has 0 fully saturated rings. The molecule has 1 heteroatoms. The van der Waals surface area contributed by atoms with E-state index in [9.17, 15) is 0 Å². The molecule has 0 unspecified atom stereocenters. The van der Waals surface area contributed by atoms with Gasteiger partial charge in [0.15, 0.2) is 0 Å². The van der Waals surface area contributed by atoms with Crippen LogP contribution in [-0.2, 0) is 0 Å². The molecule has 0 aliphatic heterocycles. The third-order valence-corrected chi connectivity index (χ3v) is 3.03. The highest BCUT2D eigenvalue weighted by atomic mass is 16.2. The van der Waals surface area contributed by atoms with Gasteiger partial charge in [-0.15, -0.1) is 0 Å². The molecule has 0 atom stereocenters. The SMILES string of the molecule is CC(C)CC(C)(C)C.CCCCCCCCCCO. The van der Waals surface area contributed by atoms with Gasteiger partial charge < -0.3 is 5.11 Å². The molecule has 0 aliphatic rings. The first-order valence-electron chi connectivity index (χ1n) is 8.44. The van der Waals surface area contributed by atoms with Gasteiger partial charge in [-0.3, -0.25) is 0 Å². The van der Waals surface area contributed by atoms with Gasteiger partial charge in [0.1, 0.15) is 0 Å². The van der Waals surface area contributed by atoms with E-state index in [1.54, 1.807) is 0 Å². The lowest BCUT2D eigenvalue weighted by molar-refractivity contribution is 0.282. The third-order valence-electron chi connectivity index (χ3n) is 3.03. The lowest BCUT2D eigenvalue weighted by Crippen LogP contribution is -2.08. The highest BCUT2D eigenvalue weighted by Crippen LogP contribution is 2.23. The van der Waals surface area contributed by atoms with Crippen LogP contribution >= 0.6 is 0 Å². The van der Waals surface area contributed by atoms with Gasteiger partial charge in [0, 0.05) is 6.61 Å². The smallest absolute Gasteiger partial charge is 0.0431 e. The molecule has 1 N–H and O–H groups in total. The van der Waals surface area contributed by atoms with E-state index in [4.69, 9.17) is 5.11 Å². The Kier molecular flexibility index (Phi) is 16.1. The number of hydrogen-bond acceptors (Lipinski definition) is 1. The van der Waals surface area contributed by atoms with Gasteiger partial charge in [-0.1, -0.05) is 86.5 Å². The van der Waals surface area contributed by atoms with Crippen molar-refractivity contribution in [3.8, 4) is 0 Å². The van der Waals surface area contributed by atoms with E-state index in [0.29, 0.717) is 12.0 Å². The van der Waals surface area contributed by atoms with Crippen LogP contribution in [0.3, 0.4) is 0 Å². The molecule has 0 heterocycles. The fourth-order valence-corrected chi connectivity index (χ4v) is 2.47. The second-order valence-electron chi connectivity index (χ2n) is 7.36. The summed E-state index contributed by atoms with van der Waals surface area (Å²) in [5.74, 6) is 0.843. The molecule has 0 aromatic rings. The van der Waals surface area contributed by atoms with E-state index in [-0.39, 0.29) is 0 Å². The number of rotatable bonds is 9. The zero-order chi connectivity index (χ0) is 15.1. The van der Waals surface area contributed by atoms with Crippen molar-refractivity contribution in [2.24, 2.45) is 11.3 Å². The summed E-state index contributed by atoms with van der Waals surface area (Å²) in [6, 6.07) is 0. The molecule has 118 valence electrons. The largest absolute Gasteiger partial charge is 0.396 e. The molecule has 0 radical (unpaired) electrons. The fourth-order valence-electron chi connectivity index (χ4n) is 2.47. The molecule has 0 saturated carbocycles. The Bertz CT molecular complexity index is 148. The average molecular weight is 273 g/mol. The molecule has 0 aromatic carbocycles. The van der Waals surface area contributed by atoms with Gasteiger partial charge in [-0.2, -0.15) is 0 Å². The number of unbranched alkanes of at least 4 members (excludes halogenated alkanes) is 7. The minimum atomic E-state index is 0.370. The molecular weight excluding hydrogens is 232 g/mol. The van der Waals surface area contributed by atoms with Gasteiger partial charge in [-0.25, -0.2) is 0 Å². The van der Waals surface area contributed by atoms with E-state index < -0.39 is 0 Å². The lowest BCUT2D eigenvalue weighted by Gasteiger charge is -2.19. The fraction of sp³-hybridized carbons (Fsp3) is 1.00. The van der Waals surface area contributed by atoms with Gasteiger partial charge in [-0.05, 0) is 24.2 Å². The number of hydrogen-bond donors (Lipinski definition) is 1. The summed E-state index contributed by atoms with van der Waals surface area (Å²) in [4.78, 5) is 0. The molecule has 0 bridgehead atoms. The van der Waals surface area contributed by atoms with Crippen LogP contribution < -0.4 is 0 Å². The van der Waals surface area contributed by atoms with Crippen LogP contribution in [0, 0.1) is 11.3 Å². The quantitative estimate of drug-likeness (QED) is 0.496. The molecule has 0 rings (SSSR count). The van der Waals surface area contributed by atoms with Crippen molar-refractivity contribution >= 4 is 0 Å². The van der Waals surface area contributed by atoms with Crippen molar-refractivity contribution in [2.75, 3.05) is 6.61 Å². The van der Waals surface area contributed by atoms with E-state index in [1.807, 2.05) is 0 Å². The Morgan fingerprint density at radius 2 is 1.21 bits per heavy atom. The second-order valence-corrected chi connectivity index (χ2v) is 7.36. The zero-order valence-electron chi connectivity index (χ0n) is 14.6. The predicted molar refractivity (Wildman–Crippen MR) is 88.6 cm³/mol. The lowest BCUT2D eigenvalue weighted by atomic mass is 9.86. The maximum atomic E-state index is 8.51. The van der Waals surface area contributed by atoms with Crippen LogP contribution in [0.1, 0.15) is 99.3 Å². The Hall–Kier alpha value is -0.0400. The van der Waals surface area contributed by atoms with Crippen LogP contribution in [-0.4, -0.2) is 11.7 Å². The molecule has 0 aliphatic carbocycles. The molecule has 0 aromatic heterocycles. The Morgan fingerprint density at radius 1 is 0.789 bits per heavy atom. The summed E-state index contributed by atoms with van der Waals surface area (Å²) in [7, 11) is 0. The van der Waals surface area contributed by atoms with Crippen LogP contribution in [0.4, 0.5) is 0 Å². The maximum Gasteiger partial charge on any atom is 0.0431 e. The first-order valence-corrected chi connectivity index (χ1v) is 8.44. The third kappa shape index (κ3) is 27.2. The molecule has 0 spiro atoms. The number of aliphatic hydroxyl groups is 1. The Balaban J connectivity index is 0. The average Bonchev–Trinajstić information content (AvgIpc) is 2.25. The summed E-state index contributed by atoms with van der Waals surface area (Å²) in [6.45, 7) is 14.0. The first kappa shape index (κ1) is 21.3. The first-order chi connectivity index (χ1) is 8.83. The summed E-state index contributed by atoms with van der Waals surface area (Å²) in [5, 5.41) is 8.51. The molecule has 19 heavy (non-hydrogen) atoms. The maximum absolute atomic E-state index is 8.51. The van der Waals surface area contributed by atoms with Crippen molar-refractivity contribution in [1.29, 1.82) is 0 Å². The second kappa shape index (κ2) is 14.4. The van der Waals surface area contributed by atoms with Crippen molar-refractivity contribution in [1.82, 2.24) is 0 Å². The van der Waals surface area contributed by atoms with Gasteiger partial charge in [0.05, 0.1) is 0 Å².